The molecule has 1 aliphatic heterocycles. The maximum absolute atomic E-state index is 5.83. The molecule has 0 bridgehead atoms. The molecular weight excluding hydrogens is 314 g/mol. The molecule has 0 aliphatic carbocycles. The maximum Gasteiger partial charge on any atom is 0.193 e. The average Bonchev–Trinajstić information content (AvgIpc) is 3.20. The van der Waals surface area contributed by atoms with Gasteiger partial charge >= 0.3 is 0 Å². The van der Waals surface area contributed by atoms with Crippen LogP contribution in [0.25, 0.3) is 0 Å². The van der Waals surface area contributed by atoms with Crippen LogP contribution in [0.4, 0.5) is 0 Å². The third-order valence-electron chi connectivity index (χ3n) is 4.92. The summed E-state index contributed by atoms with van der Waals surface area (Å²) < 4.78 is 7.71. The van der Waals surface area contributed by atoms with Crippen molar-refractivity contribution in [2.24, 2.45) is 23.9 Å². The highest BCUT2D eigenvalue weighted by Crippen LogP contribution is 2.20. The lowest BCUT2D eigenvalue weighted by molar-refractivity contribution is 0.0257. The van der Waals surface area contributed by atoms with Crippen molar-refractivity contribution in [1.29, 1.82) is 0 Å². The van der Waals surface area contributed by atoms with E-state index in [0.717, 1.165) is 45.0 Å². The highest BCUT2D eigenvalue weighted by molar-refractivity contribution is 5.80. The van der Waals surface area contributed by atoms with E-state index in [0.29, 0.717) is 17.9 Å². The standard InChI is InChI=1S/C19H35N5O/c1-6-25-18(15(2)3)7-9-21-19(20-4)24-10-8-16(14-24)11-17-12-22-23(5)13-17/h12-13,15-16,18H,6-11,14H2,1-5H3,(H,20,21). The zero-order valence-corrected chi connectivity index (χ0v) is 16.5. The van der Waals surface area contributed by atoms with E-state index < -0.39 is 0 Å². The third-order valence-corrected chi connectivity index (χ3v) is 4.92. The van der Waals surface area contributed by atoms with Gasteiger partial charge in [0.15, 0.2) is 5.96 Å². The number of aryl methyl sites for hydroxylation is 1. The van der Waals surface area contributed by atoms with Crippen LogP contribution in [0.15, 0.2) is 17.4 Å². The zero-order chi connectivity index (χ0) is 18.2. The quantitative estimate of drug-likeness (QED) is 0.578. The average molecular weight is 350 g/mol. The Morgan fingerprint density at radius 3 is 2.88 bits per heavy atom. The highest BCUT2D eigenvalue weighted by atomic mass is 16.5. The van der Waals surface area contributed by atoms with Crippen LogP contribution in [0.2, 0.25) is 0 Å². The van der Waals surface area contributed by atoms with E-state index in [-0.39, 0.29) is 0 Å². The molecule has 6 nitrogen and oxygen atoms in total. The van der Waals surface area contributed by atoms with E-state index in [1.165, 1.54) is 12.0 Å². The van der Waals surface area contributed by atoms with Crippen LogP contribution in [0.3, 0.4) is 0 Å². The van der Waals surface area contributed by atoms with Gasteiger partial charge in [-0.05, 0) is 43.6 Å². The fourth-order valence-electron chi connectivity index (χ4n) is 3.58. The summed E-state index contributed by atoms with van der Waals surface area (Å²) in [5.41, 5.74) is 1.33. The molecule has 1 aliphatic rings. The van der Waals surface area contributed by atoms with Gasteiger partial charge in [-0.25, -0.2) is 0 Å². The second-order valence-electron chi connectivity index (χ2n) is 7.33. The summed E-state index contributed by atoms with van der Waals surface area (Å²) in [7, 11) is 3.85. The van der Waals surface area contributed by atoms with Gasteiger partial charge in [0.1, 0.15) is 0 Å². The molecule has 1 fully saturated rings. The van der Waals surface area contributed by atoms with Gasteiger partial charge in [-0.2, -0.15) is 5.10 Å². The van der Waals surface area contributed by atoms with Crippen LogP contribution in [-0.4, -0.2) is 60.0 Å². The van der Waals surface area contributed by atoms with Crippen molar-refractivity contribution >= 4 is 5.96 Å². The van der Waals surface area contributed by atoms with Gasteiger partial charge in [-0.15, -0.1) is 0 Å². The summed E-state index contributed by atoms with van der Waals surface area (Å²) in [6.45, 7) is 10.3. The summed E-state index contributed by atoms with van der Waals surface area (Å²) in [5, 5.41) is 7.79. The molecular formula is C19H35N5O. The predicted molar refractivity (Wildman–Crippen MR) is 103 cm³/mol. The number of rotatable bonds is 8. The smallest absolute Gasteiger partial charge is 0.193 e. The molecule has 25 heavy (non-hydrogen) atoms. The number of nitrogens with zero attached hydrogens (tertiary/aromatic N) is 4. The number of aromatic nitrogens is 2. The fourth-order valence-corrected chi connectivity index (χ4v) is 3.58. The number of hydrogen-bond donors (Lipinski definition) is 1. The molecule has 0 saturated carbocycles. The van der Waals surface area contributed by atoms with E-state index >= 15 is 0 Å². The first-order chi connectivity index (χ1) is 12.0. The van der Waals surface area contributed by atoms with Crippen LogP contribution in [0, 0.1) is 11.8 Å². The van der Waals surface area contributed by atoms with Gasteiger partial charge in [0.25, 0.3) is 0 Å². The van der Waals surface area contributed by atoms with Crippen LogP contribution in [0.1, 0.15) is 39.2 Å². The molecule has 1 aromatic rings. The Balaban J connectivity index is 1.77. The molecule has 0 spiro atoms. The summed E-state index contributed by atoms with van der Waals surface area (Å²) in [6.07, 6.45) is 7.74. The fraction of sp³-hybridized carbons (Fsp3) is 0.789. The predicted octanol–water partition coefficient (Wildman–Crippen LogP) is 2.31. The van der Waals surface area contributed by atoms with E-state index in [2.05, 4.69) is 47.3 Å². The molecule has 2 unspecified atom stereocenters. The second-order valence-corrected chi connectivity index (χ2v) is 7.33. The first-order valence-corrected chi connectivity index (χ1v) is 9.58. The second kappa shape index (κ2) is 9.80. The monoisotopic (exact) mass is 349 g/mol. The third kappa shape index (κ3) is 6.03. The summed E-state index contributed by atoms with van der Waals surface area (Å²) in [4.78, 5) is 6.86. The van der Waals surface area contributed by atoms with Gasteiger partial charge in [-0.3, -0.25) is 9.67 Å². The number of nitrogens with one attached hydrogen (secondary N) is 1. The van der Waals surface area contributed by atoms with Gasteiger partial charge < -0.3 is 15.0 Å². The highest BCUT2D eigenvalue weighted by Gasteiger charge is 2.25. The minimum absolute atomic E-state index is 0.313. The molecule has 0 amide bonds. The Bertz CT molecular complexity index is 540. The van der Waals surface area contributed by atoms with E-state index in [9.17, 15) is 0 Å². The Labute approximate surface area is 152 Å². The summed E-state index contributed by atoms with van der Waals surface area (Å²) in [5.74, 6) is 2.24. The maximum atomic E-state index is 5.83. The lowest BCUT2D eigenvalue weighted by atomic mass is 10.0. The van der Waals surface area contributed by atoms with Crippen LogP contribution in [-0.2, 0) is 18.2 Å². The minimum Gasteiger partial charge on any atom is -0.378 e. The van der Waals surface area contributed by atoms with Crippen molar-refractivity contribution < 1.29 is 4.74 Å². The minimum atomic E-state index is 0.313. The normalized spacial score (nSPS) is 19.7. The van der Waals surface area contributed by atoms with Crippen LogP contribution < -0.4 is 5.32 Å². The summed E-state index contributed by atoms with van der Waals surface area (Å²) >= 11 is 0. The molecule has 2 heterocycles. The van der Waals surface area contributed by atoms with Crippen molar-refractivity contribution in [2.75, 3.05) is 33.3 Å². The first kappa shape index (κ1) is 19.8. The first-order valence-electron chi connectivity index (χ1n) is 9.58. The van der Waals surface area contributed by atoms with Crippen molar-refractivity contribution in [2.45, 2.75) is 46.1 Å². The number of ether oxygens (including phenoxy) is 1. The number of hydrogen-bond acceptors (Lipinski definition) is 3. The lowest BCUT2D eigenvalue weighted by Gasteiger charge is -2.24. The number of likely N-dealkylation sites (tertiary alicyclic amines) is 1. The molecule has 0 radical (unpaired) electrons. The SMILES string of the molecule is CCOC(CCNC(=NC)N1CCC(Cc2cnn(C)c2)C1)C(C)C. The van der Waals surface area contributed by atoms with Crippen LogP contribution in [0.5, 0.6) is 0 Å². The molecule has 142 valence electrons. The molecule has 1 aromatic heterocycles. The van der Waals surface area contributed by atoms with Crippen molar-refractivity contribution in [1.82, 2.24) is 20.0 Å². The molecule has 1 saturated heterocycles. The van der Waals surface area contributed by atoms with Gasteiger partial charge in [0.05, 0.1) is 12.3 Å². The topological polar surface area (TPSA) is 54.7 Å². The summed E-state index contributed by atoms with van der Waals surface area (Å²) in [6, 6.07) is 0. The Morgan fingerprint density at radius 1 is 1.48 bits per heavy atom. The van der Waals surface area contributed by atoms with E-state index in [1.807, 2.05) is 25.0 Å². The van der Waals surface area contributed by atoms with E-state index in [4.69, 9.17) is 4.74 Å². The van der Waals surface area contributed by atoms with Gasteiger partial charge in [0, 0.05) is 46.5 Å². The van der Waals surface area contributed by atoms with Crippen molar-refractivity contribution in [3.05, 3.63) is 18.0 Å². The van der Waals surface area contributed by atoms with Gasteiger partial charge in [0.2, 0.25) is 0 Å². The Hall–Kier alpha value is -1.56. The number of aliphatic imine (C=N–C) groups is 1. The number of guanidine groups is 1. The van der Waals surface area contributed by atoms with Gasteiger partial charge in [-0.1, -0.05) is 13.8 Å². The molecule has 0 aromatic carbocycles. The largest absolute Gasteiger partial charge is 0.378 e. The van der Waals surface area contributed by atoms with E-state index in [1.54, 1.807) is 0 Å². The van der Waals surface area contributed by atoms with Crippen LogP contribution >= 0.6 is 0 Å². The Kier molecular flexibility index (Phi) is 7.75. The molecule has 1 N–H and O–H groups in total. The lowest BCUT2D eigenvalue weighted by Crippen LogP contribution is -2.41. The van der Waals surface area contributed by atoms with Crippen molar-refractivity contribution in [3.8, 4) is 0 Å². The molecule has 2 rings (SSSR count). The molecule has 2 atom stereocenters. The zero-order valence-electron chi connectivity index (χ0n) is 16.5. The Morgan fingerprint density at radius 2 is 2.28 bits per heavy atom. The molecule has 6 heteroatoms. The van der Waals surface area contributed by atoms with Crippen molar-refractivity contribution in [3.63, 3.8) is 0 Å².